The number of alkyl halides is 3. The number of carboxylic acid groups (broad SMARTS) is 1. The number of amides is 1. The Kier molecular flexibility index (Phi) is 3.62. The van der Waals surface area contributed by atoms with Crippen LogP contribution < -0.4 is 5.73 Å². The van der Waals surface area contributed by atoms with Gasteiger partial charge in [0.2, 0.25) is 0 Å². The van der Waals surface area contributed by atoms with Crippen molar-refractivity contribution >= 4 is 39.2 Å². The Morgan fingerprint density at radius 1 is 1.33 bits per heavy atom. The summed E-state index contributed by atoms with van der Waals surface area (Å²) >= 11 is 0.916. The highest BCUT2D eigenvalue weighted by Crippen LogP contribution is 2.46. The summed E-state index contributed by atoms with van der Waals surface area (Å²) in [6.45, 7) is -1.27. The summed E-state index contributed by atoms with van der Waals surface area (Å²) in [4.78, 5) is 32.9. The van der Waals surface area contributed by atoms with Crippen LogP contribution in [0.3, 0.4) is 0 Å². The normalized spacial score (nSPS) is 21.4. The molecule has 7 nitrogen and oxygen atoms in total. The number of fused-ring (bicyclic) bond motifs is 1. The van der Waals surface area contributed by atoms with Gasteiger partial charge in [0.1, 0.15) is 15.2 Å². The van der Waals surface area contributed by atoms with Gasteiger partial charge < -0.3 is 15.7 Å². The molecule has 1 saturated heterocycles. The van der Waals surface area contributed by atoms with Crippen molar-refractivity contribution < 1.29 is 27.9 Å². The molecule has 3 N–H and O–H groups in total. The molecule has 0 radical (unpaired) electrons. The summed E-state index contributed by atoms with van der Waals surface area (Å²) in [5, 5.41) is 9.04. The average molecular weight is 360 g/mol. The number of aliphatic carboxylic acids is 1. The van der Waals surface area contributed by atoms with Crippen molar-refractivity contribution in [3.8, 4) is 0 Å². The van der Waals surface area contributed by atoms with Crippen molar-refractivity contribution in [2.75, 3.05) is 18.8 Å². The molecule has 0 aromatic carbocycles. The van der Waals surface area contributed by atoms with Crippen LogP contribution in [-0.2, 0) is 4.79 Å². The predicted molar refractivity (Wildman–Crippen MR) is 78.5 cm³/mol. The van der Waals surface area contributed by atoms with Gasteiger partial charge in [0, 0.05) is 25.5 Å². The van der Waals surface area contributed by atoms with E-state index in [2.05, 4.69) is 9.97 Å². The second-order valence-corrected chi connectivity index (χ2v) is 6.42. The predicted octanol–water partition coefficient (Wildman–Crippen LogP) is 1.75. The number of halogens is 3. The van der Waals surface area contributed by atoms with E-state index in [0.29, 0.717) is 10.3 Å². The van der Waals surface area contributed by atoms with E-state index in [9.17, 15) is 22.8 Å². The molecule has 24 heavy (non-hydrogen) atoms. The molecule has 11 heteroatoms. The first-order chi connectivity index (χ1) is 11.2. The van der Waals surface area contributed by atoms with Crippen LogP contribution in [0.1, 0.15) is 16.1 Å². The van der Waals surface area contributed by atoms with Crippen LogP contribution in [0.5, 0.6) is 0 Å². The van der Waals surface area contributed by atoms with Crippen LogP contribution in [0.2, 0.25) is 0 Å². The number of likely N-dealkylation sites (tertiary alicyclic amines) is 1. The van der Waals surface area contributed by atoms with E-state index in [1.54, 1.807) is 0 Å². The molecule has 1 amide bonds. The zero-order valence-electron chi connectivity index (χ0n) is 12.0. The van der Waals surface area contributed by atoms with Crippen LogP contribution in [-0.4, -0.2) is 51.1 Å². The van der Waals surface area contributed by atoms with Gasteiger partial charge in [-0.15, -0.1) is 11.3 Å². The van der Waals surface area contributed by atoms with Crippen molar-refractivity contribution in [1.29, 1.82) is 0 Å². The van der Waals surface area contributed by atoms with Crippen LogP contribution in [0.25, 0.3) is 10.3 Å². The number of thiophene rings is 1. The number of anilines is 1. The van der Waals surface area contributed by atoms with Gasteiger partial charge in [0.05, 0.1) is 5.69 Å². The van der Waals surface area contributed by atoms with E-state index >= 15 is 0 Å². The second kappa shape index (κ2) is 5.30. The van der Waals surface area contributed by atoms with Crippen molar-refractivity contribution in [2.24, 2.45) is 5.41 Å². The van der Waals surface area contributed by atoms with Gasteiger partial charge in [-0.2, -0.15) is 13.2 Å². The molecule has 0 aliphatic carbocycles. The number of nitrogens with two attached hydrogens (primary N) is 1. The number of hydrogen-bond donors (Lipinski definition) is 2. The Balaban J connectivity index is 1.94. The number of carbonyl (C=O) groups is 2. The minimum Gasteiger partial charge on any atom is -0.481 e. The number of nitrogens with zero attached hydrogens (tertiary/aromatic N) is 3. The molecular weight excluding hydrogens is 349 g/mol. The number of aromatic nitrogens is 2. The second-order valence-electron chi connectivity index (χ2n) is 5.42. The minimum absolute atomic E-state index is 0.0135. The number of carbonyl (C=O) groups excluding carboxylic acids is 1. The lowest BCUT2D eigenvalue weighted by atomic mass is 9.86. The highest BCUT2D eigenvalue weighted by Gasteiger charge is 2.64. The highest BCUT2D eigenvalue weighted by atomic mass is 32.1. The molecule has 0 saturated carbocycles. The monoisotopic (exact) mass is 360 g/mol. The van der Waals surface area contributed by atoms with Gasteiger partial charge in [-0.3, -0.25) is 9.59 Å². The number of rotatable bonds is 2. The van der Waals surface area contributed by atoms with Gasteiger partial charge in [-0.05, 0) is 6.42 Å². The van der Waals surface area contributed by atoms with Gasteiger partial charge in [0.15, 0.2) is 5.41 Å². The smallest absolute Gasteiger partial charge is 0.406 e. The fraction of sp³-hybridized carbons (Fsp3) is 0.385. The third-order valence-electron chi connectivity index (χ3n) is 4.07. The molecule has 1 atom stereocenters. The first-order valence-electron chi connectivity index (χ1n) is 6.76. The molecule has 2 aromatic rings. The maximum Gasteiger partial charge on any atom is 0.406 e. The van der Waals surface area contributed by atoms with E-state index in [4.69, 9.17) is 10.8 Å². The average Bonchev–Trinajstić information content (AvgIpc) is 3.10. The summed E-state index contributed by atoms with van der Waals surface area (Å²) in [7, 11) is 0. The Morgan fingerprint density at radius 3 is 2.54 bits per heavy atom. The van der Waals surface area contributed by atoms with Gasteiger partial charge in [-0.1, -0.05) is 0 Å². The van der Waals surface area contributed by atoms with E-state index in [1.807, 2.05) is 0 Å². The summed E-state index contributed by atoms with van der Waals surface area (Å²) < 4.78 is 39.6. The Labute approximate surface area is 136 Å². The number of carboxylic acids is 1. The molecule has 1 aliphatic heterocycles. The lowest BCUT2D eigenvalue weighted by Gasteiger charge is -2.27. The van der Waals surface area contributed by atoms with Crippen molar-refractivity contribution in [2.45, 2.75) is 12.6 Å². The quantitative estimate of drug-likeness (QED) is 0.844. The van der Waals surface area contributed by atoms with E-state index < -0.39 is 36.4 Å². The fourth-order valence-electron chi connectivity index (χ4n) is 2.66. The Hall–Kier alpha value is -2.43. The third-order valence-corrected chi connectivity index (χ3v) is 5.16. The highest BCUT2D eigenvalue weighted by molar-refractivity contribution is 7.21. The summed E-state index contributed by atoms with van der Waals surface area (Å²) in [6, 6.07) is 0. The lowest BCUT2D eigenvalue weighted by molar-refractivity contribution is -0.227. The standard InChI is InChI=1S/C13H11F3N4O3S/c14-13(15,16)12(11(22)23)1-4-20(5-12)10(21)8-6(17)7-9(24-8)19-3-2-18-7/h2-3H,1,4-5,17H2,(H,22,23). The molecule has 1 aliphatic rings. The molecule has 1 fully saturated rings. The molecule has 2 aromatic heterocycles. The van der Waals surface area contributed by atoms with E-state index in [0.717, 1.165) is 16.2 Å². The fourth-order valence-corrected chi connectivity index (χ4v) is 3.65. The van der Waals surface area contributed by atoms with Crippen molar-refractivity contribution in [3.05, 3.63) is 17.3 Å². The molecule has 0 bridgehead atoms. The maximum atomic E-state index is 13.2. The van der Waals surface area contributed by atoms with Crippen LogP contribution in [0.4, 0.5) is 18.9 Å². The number of nitrogen functional groups attached to an aromatic ring is 1. The minimum atomic E-state index is -4.96. The maximum absolute atomic E-state index is 13.2. The van der Waals surface area contributed by atoms with Gasteiger partial charge in [-0.25, -0.2) is 9.97 Å². The van der Waals surface area contributed by atoms with Gasteiger partial charge in [0.25, 0.3) is 5.91 Å². The third kappa shape index (κ3) is 2.27. The first kappa shape index (κ1) is 16.4. The zero-order chi connectivity index (χ0) is 17.7. The number of hydrogen-bond acceptors (Lipinski definition) is 6. The zero-order valence-corrected chi connectivity index (χ0v) is 12.8. The molecular formula is C13H11F3N4O3S. The molecule has 3 heterocycles. The lowest BCUT2D eigenvalue weighted by Crippen LogP contribution is -2.47. The Bertz CT molecular complexity index is 837. The van der Waals surface area contributed by atoms with Crippen LogP contribution >= 0.6 is 11.3 Å². The van der Waals surface area contributed by atoms with Crippen molar-refractivity contribution in [3.63, 3.8) is 0 Å². The Morgan fingerprint density at radius 2 is 2.00 bits per heavy atom. The largest absolute Gasteiger partial charge is 0.481 e. The molecule has 3 rings (SSSR count). The molecule has 1 unspecified atom stereocenters. The topological polar surface area (TPSA) is 109 Å². The SMILES string of the molecule is Nc1c(C(=O)N2CCC(C(=O)O)(C(F)(F)F)C2)sc2nccnc12. The van der Waals surface area contributed by atoms with E-state index in [-0.39, 0.29) is 17.1 Å². The summed E-state index contributed by atoms with van der Waals surface area (Å²) in [5.41, 5.74) is 3.22. The molecule has 128 valence electrons. The van der Waals surface area contributed by atoms with Crippen LogP contribution in [0, 0.1) is 5.41 Å². The van der Waals surface area contributed by atoms with Crippen molar-refractivity contribution in [1.82, 2.24) is 14.9 Å². The first-order valence-corrected chi connectivity index (χ1v) is 7.57. The summed E-state index contributed by atoms with van der Waals surface area (Å²) in [5.74, 6) is -2.73. The van der Waals surface area contributed by atoms with Crippen LogP contribution in [0.15, 0.2) is 12.4 Å². The summed E-state index contributed by atoms with van der Waals surface area (Å²) in [6.07, 6.45) is -2.86. The molecule has 0 spiro atoms. The van der Waals surface area contributed by atoms with E-state index in [1.165, 1.54) is 12.4 Å². The van der Waals surface area contributed by atoms with Gasteiger partial charge >= 0.3 is 12.1 Å².